The summed E-state index contributed by atoms with van der Waals surface area (Å²) in [4.78, 5) is 12.0. The van der Waals surface area contributed by atoms with Crippen LogP contribution in [0.3, 0.4) is 0 Å². The van der Waals surface area contributed by atoms with Crippen molar-refractivity contribution in [1.82, 2.24) is 15.0 Å². The van der Waals surface area contributed by atoms with Gasteiger partial charge < -0.3 is 20.2 Å². The number of nitrogen functional groups attached to an aromatic ring is 1. The molecule has 3 aromatic rings. The summed E-state index contributed by atoms with van der Waals surface area (Å²) in [6.07, 6.45) is 0.618. The molecular formula is C13H14N4O2S. The smallest absolute Gasteiger partial charge is 0.180 e. The Morgan fingerprint density at radius 2 is 1.95 bits per heavy atom. The molecule has 0 spiro atoms. The first-order valence-electron chi connectivity index (χ1n) is 6.00. The zero-order valence-corrected chi connectivity index (χ0v) is 12.0. The van der Waals surface area contributed by atoms with Crippen LogP contribution in [0.4, 0.5) is 5.13 Å². The van der Waals surface area contributed by atoms with E-state index in [2.05, 4.69) is 15.0 Å². The number of thiazole rings is 1. The summed E-state index contributed by atoms with van der Waals surface area (Å²) in [5, 5.41) is 2.50. The third-order valence-corrected chi connectivity index (χ3v) is 3.68. The number of nitrogens with one attached hydrogen (secondary N) is 1. The van der Waals surface area contributed by atoms with Crippen LogP contribution in [0, 0.1) is 0 Å². The second-order valence-corrected chi connectivity index (χ2v) is 5.15. The first kappa shape index (κ1) is 12.7. The molecule has 6 nitrogen and oxygen atoms in total. The van der Waals surface area contributed by atoms with E-state index in [9.17, 15) is 0 Å². The standard InChI is InChI=1S/C13H14N4O2S/c1-18-10-4-8-9(5-11(10)19-2)17-12(16-8)3-7-6-20-13(14)15-7/h4-6H,3H2,1-2H3,(H2,14,15)(H,16,17). The third kappa shape index (κ3) is 2.27. The van der Waals surface area contributed by atoms with Crippen molar-refractivity contribution in [3.05, 3.63) is 29.0 Å². The van der Waals surface area contributed by atoms with E-state index in [0.29, 0.717) is 23.1 Å². The van der Waals surface area contributed by atoms with E-state index in [0.717, 1.165) is 22.6 Å². The molecule has 3 rings (SSSR count). The number of imidazole rings is 1. The van der Waals surface area contributed by atoms with Crippen LogP contribution in [0.15, 0.2) is 17.5 Å². The van der Waals surface area contributed by atoms with Crippen LogP contribution in [-0.2, 0) is 6.42 Å². The van der Waals surface area contributed by atoms with Crippen molar-refractivity contribution in [2.24, 2.45) is 0 Å². The SMILES string of the molecule is COc1cc2nc(Cc3csc(N)n3)[nH]c2cc1OC. The van der Waals surface area contributed by atoms with Gasteiger partial charge in [-0.2, -0.15) is 0 Å². The van der Waals surface area contributed by atoms with E-state index in [1.807, 2.05) is 17.5 Å². The maximum absolute atomic E-state index is 5.63. The van der Waals surface area contributed by atoms with Crippen LogP contribution in [0.2, 0.25) is 0 Å². The van der Waals surface area contributed by atoms with Crippen LogP contribution in [0.25, 0.3) is 11.0 Å². The van der Waals surface area contributed by atoms with E-state index in [4.69, 9.17) is 15.2 Å². The van der Waals surface area contributed by atoms with Crippen LogP contribution in [0.1, 0.15) is 11.5 Å². The highest BCUT2D eigenvalue weighted by Crippen LogP contribution is 2.31. The Bertz CT molecular complexity index is 709. The average Bonchev–Trinajstić information content (AvgIpc) is 3.02. The van der Waals surface area contributed by atoms with Crippen molar-refractivity contribution >= 4 is 27.5 Å². The first-order valence-corrected chi connectivity index (χ1v) is 6.88. The Morgan fingerprint density at radius 1 is 1.20 bits per heavy atom. The fraction of sp³-hybridized carbons (Fsp3) is 0.231. The van der Waals surface area contributed by atoms with Crippen LogP contribution >= 0.6 is 11.3 Å². The van der Waals surface area contributed by atoms with Crippen molar-refractivity contribution in [3.63, 3.8) is 0 Å². The molecule has 2 heterocycles. The number of ether oxygens (including phenoxy) is 2. The van der Waals surface area contributed by atoms with Gasteiger partial charge in [-0.05, 0) is 0 Å². The van der Waals surface area contributed by atoms with E-state index >= 15 is 0 Å². The summed E-state index contributed by atoms with van der Waals surface area (Å²) in [7, 11) is 3.22. The molecule has 104 valence electrons. The molecule has 0 radical (unpaired) electrons. The second-order valence-electron chi connectivity index (χ2n) is 4.26. The van der Waals surface area contributed by atoms with Crippen LogP contribution in [-0.4, -0.2) is 29.2 Å². The van der Waals surface area contributed by atoms with Crippen LogP contribution in [0.5, 0.6) is 11.5 Å². The molecule has 0 amide bonds. The molecule has 0 saturated carbocycles. The Kier molecular flexibility index (Phi) is 3.19. The molecule has 20 heavy (non-hydrogen) atoms. The number of H-pyrrole nitrogens is 1. The summed E-state index contributed by atoms with van der Waals surface area (Å²) < 4.78 is 10.5. The Labute approximate surface area is 119 Å². The van der Waals surface area contributed by atoms with Gasteiger partial charge in [0.25, 0.3) is 0 Å². The minimum Gasteiger partial charge on any atom is -0.493 e. The molecule has 0 aliphatic carbocycles. The van der Waals surface area contributed by atoms with Gasteiger partial charge in [0.05, 0.1) is 30.9 Å². The minimum atomic E-state index is 0.569. The van der Waals surface area contributed by atoms with E-state index in [1.54, 1.807) is 14.2 Å². The molecule has 7 heteroatoms. The number of hydrogen-bond donors (Lipinski definition) is 2. The fourth-order valence-corrected chi connectivity index (χ4v) is 2.61. The zero-order valence-electron chi connectivity index (χ0n) is 11.1. The molecule has 0 bridgehead atoms. The number of methoxy groups -OCH3 is 2. The number of aromatic amines is 1. The number of nitrogens with two attached hydrogens (primary N) is 1. The van der Waals surface area contributed by atoms with Crippen molar-refractivity contribution in [1.29, 1.82) is 0 Å². The highest BCUT2D eigenvalue weighted by Gasteiger charge is 2.11. The normalized spacial score (nSPS) is 10.9. The molecule has 0 aliphatic heterocycles. The van der Waals surface area contributed by atoms with Crippen molar-refractivity contribution < 1.29 is 9.47 Å². The molecule has 0 unspecified atom stereocenters. The zero-order chi connectivity index (χ0) is 14.1. The van der Waals surface area contributed by atoms with Crippen molar-refractivity contribution in [2.75, 3.05) is 20.0 Å². The molecular weight excluding hydrogens is 276 g/mol. The number of fused-ring (bicyclic) bond motifs is 1. The summed E-state index contributed by atoms with van der Waals surface area (Å²) in [6, 6.07) is 3.73. The fourth-order valence-electron chi connectivity index (χ4n) is 2.05. The lowest BCUT2D eigenvalue weighted by Gasteiger charge is -2.06. The minimum absolute atomic E-state index is 0.569. The van der Waals surface area contributed by atoms with Crippen molar-refractivity contribution in [3.8, 4) is 11.5 Å². The van der Waals surface area contributed by atoms with Gasteiger partial charge in [0, 0.05) is 23.9 Å². The molecule has 3 N–H and O–H groups in total. The lowest BCUT2D eigenvalue weighted by atomic mass is 10.3. The summed E-state index contributed by atoms with van der Waals surface area (Å²) in [5.41, 5.74) is 8.27. The Hall–Kier alpha value is -2.28. The van der Waals surface area contributed by atoms with Gasteiger partial charge in [0.1, 0.15) is 5.82 Å². The maximum Gasteiger partial charge on any atom is 0.180 e. The monoisotopic (exact) mass is 290 g/mol. The maximum atomic E-state index is 5.63. The van der Waals surface area contributed by atoms with E-state index in [1.165, 1.54) is 11.3 Å². The number of hydrogen-bond acceptors (Lipinski definition) is 6. The first-order chi connectivity index (χ1) is 9.69. The average molecular weight is 290 g/mol. The molecule has 0 atom stereocenters. The van der Waals surface area contributed by atoms with Gasteiger partial charge in [-0.25, -0.2) is 9.97 Å². The van der Waals surface area contributed by atoms with Gasteiger partial charge in [0.15, 0.2) is 16.6 Å². The molecule has 2 aromatic heterocycles. The number of rotatable bonds is 4. The van der Waals surface area contributed by atoms with Gasteiger partial charge in [-0.3, -0.25) is 0 Å². The van der Waals surface area contributed by atoms with Crippen LogP contribution < -0.4 is 15.2 Å². The Morgan fingerprint density at radius 3 is 2.60 bits per heavy atom. The quantitative estimate of drug-likeness (QED) is 0.769. The van der Waals surface area contributed by atoms with Gasteiger partial charge in [0.2, 0.25) is 0 Å². The lowest BCUT2D eigenvalue weighted by molar-refractivity contribution is 0.356. The second kappa shape index (κ2) is 5.01. The highest BCUT2D eigenvalue weighted by atomic mass is 32.1. The van der Waals surface area contributed by atoms with E-state index < -0.39 is 0 Å². The molecule has 0 fully saturated rings. The lowest BCUT2D eigenvalue weighted by Crippen LogP contribution is -1.91. The largest absolute Gasteiger partial charge is 0.493 e. The predicted molar refractivity (Wildman–Crippen MR) is 78.5 cm³/mol. The predicted octanol–water partition coefficient (Wildman–Crippen LogP) is 2.21. The molecule has 1 aromatic carbocycles. The van der Waals surface area contributed by atoms with Gasteiger partial charge in [-0.1, -0.05) is 0 Å². The van der Waals surface area contributed by atoms with Gasteiger partial charge in [-0.15, -0.1) is 11.3 Å². The number of aromatic nitrogens is 3. The highest BCUT2D eigenvalue weighted by molar-refractivity contribution is 7.13. The molecule has 0 saturated heterocycles. The van der Waals surface area contributed by atoms with Crippen molar-refractivity contribution in [2.45, 2.75) is 6.42 Å². The van der Waals surface area contributed by atoms with Gasteiger partial charge >= 0.3 is 0 Å². The third-order valence-electron chi connectivity index (χ3n) is 2.95. The summed E-state index contributed by atoms with van der Waals surface area (Å²) >= 11 is 1.43. The number of benzene rings is 1. The van der Waals surface area contributed by atoms with E-state index in [-0.39, 0.29) is 0 Å². The Balaban J connectivity index is 1.97. The number of anilines is 1. The molecule has 0 aliphatic rings. The summed E-state index contributed by atoms with van der Waals surface area (Å²) in [6.45, 7) is 0. The topological polar surface area (TPSA) is 86.0 Å². The number of nitrogens with zero attached hydrogens (tertiary/aromatic N) is 2. The summed E-state index contributed by atoms with van der Waals surface area (Å²) in [5.74, 6) is 2.17.